The Morgan fingerprint density at radius 1 is 1.09 bits per heavy atom. The number of rotatable bonds is 8. The van der Waals surface area contributed by atoms with E-state index in [-0.39, 0.29) is 36.9 Å². The van der Waals surface area contributed by atoms with Crippen LogP contribution in [0.4, 0.5) is 14.5 Å². The molecule has 0 spiro atoms. The predicted octanol–water partition coefficient (Wildman–Crippen LogP) is 5.83. The number of aromatic nitrogens is 5. The SMILES string of the molecule is CCc1c(-c2cc(N3CCN(C)CC3)cnc2[C@H](C)OC)n2c3c(F)c(ccc13)-c1csc(n1)C[C@H](NC(=O)[C@H]1C[C@@H]1c1nccnc1F)C(=O)N1CCC[C@H](N1)C(=O)OCC(C)(C)C2. The Labute approximate surface area is 380 Å². The second-order valence-corrected chi connectivity index (χ2v) is 19.5. The number of esters is 1. The van der Waals surface area contributed by atoms with E-state index in [1.807, 2.05) is 37.6 Å². The van der Waals surface area contributed by atoms with E-state index < -0.39 is 58.9 Å². The van der Waals surface area contributed by atoms with Gasteiger partial charge in [-0.1, -0.05) is 26.8 Å². The van der Waals surface area contributed by atoms with Crippen molar-refractivity contribution < 1.29 is 32.6 Å². The molecule has 1 aliphatic carbocycles. The summed E-state index contributed by atoms with van der Waals surface area (Å²) in [5.74, 6) is -3.68. The van der Waals surface area contributed by atoms with Gasteiger partial charge in [0, 0.05) is 104 Å². The summed E-state index contributed by atoms with van der Waals surface area (Å²) in [6, 6.07) is 3.94. The lowest BCUT2D eigenvalue weighted by Gasteiger charge is -2.35. The van der Waals surface area contributed by atoms with Crippen LogP contribution < -0.4 is 15.6 Å². The smallest absolute Gasteiger partial charge is 0.324 e. The molecule has 3 aliphatic heterocycles. The largest absolute Gasteiger partial charge is 0.464 e. The number of carbonyl (C=O) groups is 3. The van der Waals surface area contributed by atoms with Crippen LogP contribution in [0.3, 0.4) is 0 Å². The molecular weight excluding hydrogens is 855 g/mol. The normalized spacial score (nSPS) is 23.3. The number of likely N-dealkylation sites (N-methyl/N-ethyl adjacent to an activating group) is 1. The Bertz CT molecular complexity index is 2630. The lowest BCUT2D eigenvalue weighted by molar-refractivity contribution is -0.155. The molecule has 4 aliphatic rings. The molecule has 4 aromatic heterocycles. The molecule has 2 N–H and O–H groups in total. The topological polar surface area (TPSA) is 160 Å². The fraction of sp³-hybridized carbons (Fsp3) is 0.511. The van der Waals surface area contributed by atoms with Crippen LogP contribution >= 0.6 is 11.3 Å². The van der Waals surface area contributed by atoms with Gasteiger partial charge in [0.25, 0.3) is 5.91 Å². The summed E-state index contributed by atoms with van der Waals surface area (Å²) in [7, 11) is 3.78. The van der Waals surface area contributed by atoms with Crippen molar-refractivity contribution in [1.82, 2.24) is 45.2 Å². The molecule has 7 heterocycles. The maximum absolute atomic E-state index is 17.8. The molecule has 344 valence electrons. The zero-order chi connectivity index (χ0) is 45.7. The maximum Gasteiger partial charge on any atom is 0.324 e. The number of methoxy groups -OCH3 is 1. The van der Waals surface area contributed by atoms with Crippen molar-refractivity contribution in [2.45, 2.75) is 90.4 Å². The van der Waals surface area contributed by atoms with Crippen molar-refractivity contribution in [3.8, 4) is 22.5 Å². The standard InChI is InChI=1S/C47H56F2N10O5S/c1-7-28-29-10-11-30-36-23-65-37(53-36)21-35(54-44(60)32-20-31(32)40-43(49)51-13-12-50-40)45(61)59-14-8-9-34(55-59)46(62)64-25-47(3,4)24-58(42(29)38(30)48)41(28)33-19-27(22-52-39(33)26(2)63-6)57-17-15-56(5)16-18-57/h10-13,19,22-23,26,31-32,34-35,55H,7-9,14-18,20-21,24-25H2,1-6H3,(H,54,60)/t26-,31-,32-,34-,35-/m0/s1. The number of ether oxygens (including phenoxy) is 2. The van der Waals surface area contributed by atoms with E-state index in [1.165, 1.54) is 28.7 Å². The highest BCUT2D eigenvalue weighted by molar-refractivity contribution is 7.10. The highest BCUT2D eigenvalue weighted by Gasteiger charge is 2.48. The molecule has 0 unspecified atom stereocenters. The van der Waals surface area contributed by atoms with E-state index in [1.54, 1.807) is 18.6 Å². The molecule has 65 heavy (non-hydrogen) atoms. The van der Waals surface area contributed by atoms with E-state index >= 15 is 4.39 Å². The van der Waals surface area contributed by atoms with Crippen molar-refractivity contribution >= 4 is 45.7 Å². The van der Waals surface area contributed by atoms with Crippen LogP contribution in [-0.2, 0) is 43.2 Å². The molecule has 5 aromatic rings. The molecule has 0 radical (unpaired) electrons. The molecular formula is C47H56F2N10O5S. The number of cyclic esters (lactones) is 1. The Balaban J connectivity index is 1.15. The van der Waals surface area contributed by atoms with E-state index in [0.717, 1.165) is 59.8 Å². The van der Waals surface area contributed by atoms with Crippen LogP contribution in [0.5, 0.6) is 0 Å². The van der Waals surface area contributed by atoms with Gasteiger partial charge in [-0.2, -0.15) is 4.39 Å². The third-order valence-corrected chi connectivity index (χ3v) is 14.2. The van der Waals surface area contributed by atoms with Gasteiger partial charge in [0.15, 0.2) is 5.82 Å². The minimum absolute atomic E-state index is 0.00380. The first kappa shape index (κ1) is 44.8. The quantitative estimate of drug-likeness (QED) is 0.180. The summed E-state index contributed by atoms with van der Waals surface area (Å²) in [4.78, 5) is 64.4. The number of fused-ring (bicyclic) bond motifs is 6. The lowest BCUT2D eigenvalue weighted by atomic mass is 9.93. The number of halogens is 2. The van der Waals surface area contributed by atoms with Crippen LogP contribution in [-0.4, -0.2) is 118 Å². The third kappa shape index (κ3) is 8.85. The van der Waals surface area contributed by atoms with Crippen molar-refractivity contribution in [2.75, 3.05) is 58.4 Å². The van der Waals surface area contributed by atoms with Crippen LogP contribution in [0.25, 0.3) is 33.4 Å². The number of nitrogens with zero attached hydrogens (tertiary/aromatic N) is 8. The lowest BCUT2D eigenvalue weighted by Crippen LogP contribution is -2.60. The molecule has 2 saturated heterocycles. The predicted molar refractivity (Wildman–Crippen MR) is 242 cm³/mol. The molecule has 1 saturated carbocycles. The zero-order valence-electron chi connectivity index (χ0n) is 37.7. The molecule has 18 heteroatoms. The monoisotopic (exact) mass is 910 g/mol. The molecule has 5 atom stereocenters. The van der Waals surface area contributed by atoms with E-state index in [4.69, 9.17) is 19.4 Å². The maximum atomic E-state index is 17.8. The van der Waals surface area contributed by atoms with Crippen LogP contribution in [0, 0.1) is 23.1 Å². The van der Waals surface area contributed by atoms with Gasteiger partial charge in [0.2, 0.25) is 11.9 Å². The number of carbonyl (C=O) groups excluding carboxylic acids is 3. The zero-order valence-corrected chi connectivity index (χ0v) is 38.5. The second-order valence-electron chi connectivity index (χ2n) is 18.5. The van der Waals surface area contributed by atoms with Crippen LogP contribution in [0.2, 0.25) is 0 Å². The number of benzene rings is 1. The second kappa shape index (κ2) is 18.1. The van der Waals surface area contributed by atoms with Crippen LogP contribution in [0.15, 0.2) is 42.2 Å². The first-order chi connectivity index (χ1) is 31.2. The van der Waals surface area contributed by atoms with E-state index in [0.29, 0.717) is 48.4 Å². The Morgan fingerprint density at radius 3 is 2.63 bits per heavy atom. The number of anilines is 1. The Hall–Kier alpha value is -5.43. The van der Waals surface area contributed by atoms with Gasteiger partial charge in [-0.05, 0) is 57.4 Å². The van der Waals surface area contributed by atoms with Crippen molar-refractivity contribution in [2.24, 2.45) is 11.3 Å². The van der Waals surface area contributed by atoms with Gasteiger partial charge < -0.3 is 29.2 Å². The van der Waals surface area contributed by atoms with Crippen LogP contribution in [0.1, 0.15) is 80.9 Å². The first-order valence-corrected chi connectivity index (χ1v) is 23.4. The van der Waals surface area contributed by atoms with Crippen molar-refractivity contribution in [3.63, 3.8) is 0 Å². The number of nitrogens with one attached hydrogen (secondary N) is 2. The fourth-order valence-electron chi connectivity index (χ4n) is 9.52. The fourth-order valence-corrected chi connectivity index (χ4v) is 10.4. The van der Waals surface area contributed by atoms with E-state index in [2.05, 4.69) is 50.5 Å². The summed E-state index contributed by atoms with van der Waals surface area (Å²) in [5, 5.41) is 7.30. The van der Waals surface area contributed by atoms with Crippen molar-refractivity contribution in [1.29, 1.82) is 0 Å². The number of hydrogen-bond donors (Lipinski definition) is 2. The summed E-state index contributed by atoms with van der Waals surface area (Å²) in [6.45, 7) is 12.1. The number of amides is 2. The molecule has 1 aromatic carbocycles. The molecule has 9 rings (SSSR count). The molecule has 3 fully saturated rings. The van der Waals surface area contributed by atoms with Gasteiger partial charge in [-0.25, -0.2) is 19.8 Å². The Morgan fingerprint density at radius 2 is 1.88 bits per heavy atom. The highest BCUT2D eigenvalue weighted by atomic mass is 32.1. The van der Waals surface area contributed by atoms with Gasteiger partial charge >= 0.3 is 5.97 Å². The van der Waals surface area contributed by atoms with Crippen molar-refractivity contribution in [3.05, 3.63) is 75.9 Å². The average Bonchev–Trinajstić information content (AvgIpc) is 3.87. The minimum atomic E-state index is -1.10. The first-order valence-electron chi connectivity index (χ1n) is 22.5. The summed E-state index contributed by atoms with van der Waals surface area (Å²) in [6.07, 6.45) is 6.05. The average molecular weight is 911 g/mol. The number of pyridine rings is 1. The minimum Gasteiger partial charge on any atom is -0.464 e. The number of thiazole rings is 1. The number of piperazine rings is 1. The number of hydrogen-bond acceptors (Lipinski definition) is 13. The summed E-state index contributed by atoms with van der Waals surface area (Å²) < 4.78 is 46.4. The summed E-state index contributed by atoms with van der Waals surface area (Å²) in [5.41, 5.74) is 7.90. The molecule has 2 amide bonds. The van der Waals surface area contributed by atoms with Gasteiger partial charge in [-0.15, -0.1) is 11.3 Å². The van der Waals surface area contributed by atoms with E-state index in [9.17, 15) is 18.8 Å². The van der Waals surface area contributed by atoms with Gasteiger partial charge in [-0.3, -0.25) is 29.4 Å². The van der Waals surface area contributed by atoms with Gasteiger partial charge in [0.05, 0.1) is 57.9 Å². The van der Waals surface area contributed by atoms with Gasteiger partial charge in [0.1, 0.15) is 12.1 Å². The third-order valence-electron chi connectivity index (χ3n) is 13.3. The molecule has 15 nitrogen and oxygen atoms in total. The number of hydrazine groups is 1. The summed E-state index contributed by atoms with van der Waals surface area (Å²) >= 11 is 1.26. The highest BCUT2D eigenvalue weighted by Crippen LogP contribution is 2.48. The molecule has 6 bridgehead atoms. The number of aryl methyl sites for hydroxylation is 1. The Kier molecular flexibility index (Phi) is 12.5.